The number of hydrogen-bond donors (Lipinski definition) is 2. The van der Waals surface area contributed by atoms with Gasteiger partial charge in [-0.1, -0.05) is 55.3 Å². The fraction of sp³-hybridized carbons (Fsp3) is 0.404. The molecule has 2 aliphatic heterocycles. The van der Waals surface area contributed by atoms with Gasteiger partial charge in [0.15, 0.2) is 0 Å². The summed E-state index contributed by atoms with van der Waals surface area (Å²) >= 11 is 6.24. The molecule has 0 spiro atoms. The highest BCUT2D eigenvalue weighted by Crippen LogP contribution is 2.43. The number of piperidine rings is 1. The fourth-order valence-corrected chi connectivity index (χ4v) is 9.64. The first-order valence-corrected chi connectivity index (χ1v) is 23.2. The zero-order valence-corrected chi connectivity index (χ0v) is 38.1. The quantitative estimate of drug-likeness (QED) is 0.0986. The Morgan fingerprint density at radius 1 is 0.905 bits per heavy atom. The second-order valence-corrected chi connectivity index (χ2v) is 19.9. The second kappa shape index (κ2) is 19.1. The van der Waals surface area contributed by atoms with Crippen molar-refractivity contribution in [2.45, 2.75) is 56.9 Å². The molecule has 2 saturated heterocycles. The van der Waals surface area contributed by atoms with Gasteiger partial charge in [0.2, 0.25) is 0 Å². The molecule has 2 fully saturated rings. The zero-order valence-electron chi connectivity index (χ0n) is 36.5. The normalized spacial score (nSPS) is 17.6. The summed E-state index contributed by atoms with van der Waals surface area (Å²) < 4.78 is 36.0. The van der Waals surface area contributed by atoms with Crippen LogP contribution in [0.5, 0.6) is 11.5 Å². The number of piperazine rings is 1. The molecule has 4 aromatic rings. The molecule has 2 amide bonds. The lowest BCUT2D eigenvalue weighted by Crippen LogP contribution is -2.47. The number of ether oxygens (including phenoxy) is 1. The van der Waals surface area contributed by atoms with E-state index < -0.39 is 31.4 Å². The minimum absolute atomic E-state index is 0.00789. The lowest BCUT2D eigenvalue weighted by atomic mass is 9.72. The summed E-state index contributed by atoms with van der Waals surface area (Å²) in [4.78, 5) is 46.5. The molecule has 7 rings (SSSR count). The molecule has 0 radical (unpaired) electrons. The molecular formula is C47H56ClN7O7S. The topological polar surface area (TPSA) is 158 Å². The van der Waals surface area contributed by atoms with Crippen molar-refractivity contribution in [1.29, 1.82) is 0 Å². The van der Waals surface area contributed by atoms with E-state index in [1.54, 1.807) is 50.5 Å². The molecule has 14 nitrogen and oxygen atoms in total. The van der Waals surface area contributed by atoms with Crippen LogP contribution in [0.4, 0.5) is 17.1 Å². The van der Waals surface area contributed by atoms with Crippen LogP contribution in [0.15, 0.2) is 95.4 Å². The number of para-hydroxylation sites is 1. The number of anilines is 2. The van der Waals surface area contributed by atoms with Crippen LogP contribution in [-0.4, -0.2) is 113 Å². The fourth-order valence-electron chi connectivity index (χ4n) is 8.53. The molecule has 2 heterocycles. The van der Waals surface area contributed by atoms with Crippen LogP contribution in [0, 0.1) is 15.5 Å². The maximum absolute atomic E-state index is 14.0. The number of nitrogens with one attached hydrogen (secondary N) is 2. The first-order valence-electron chi connectivity index (χ1n) is 21.3. The number of nitro groups is 1. The summed E-state index contributed by atoms with van der Waals surface area (Å²) in [7, 11) is 0.650. The van der Waals surface area contributed by atoms with E-state index in [1.807, 2.05) is 19.2 Å². The van der Waals surface area contributed by atoms with Gasteiger partial charge in [0, 0.05) is 75.7 Å². The number of rotatable bonds is 13. The number of sulfonamides is 1. The average molecular weight is 899 g/mol. The third kappa shape index (κ3) is 11.0. The Bertz CT molecular complexity index is 2500. The van der Waals surface area contributed by atoms with Gasteiger partial charge in [-0.15, -0.1) is 0 Å². The Labute approximate surface area is 375 Å². The molecular weight excluding hydrogens is 842 g/mol. The van der Waals surface area contributed by atoms with Gasteiger partial charge in [0.05, 0.1) is 20.9 Å². The summed E-state index contributed by atoms with van der Waals surface area (Å²) in [5.74, 6) is -1.11. The molecule has 16 heteroatoms. The lowest BCUT2D eigenvalue weighted by molar-refractivity contribution is -0.384. The molecule has 0 atom stereocenters. The third-order valence-electron chi connectivity index (χ3n) is 12.3. The first kappa shape index (κ1) is 45.5. The molecule has 63 heavy (non-hydrogen) atoms. The second-order valence-electron chi connectivity index (χ2n) is 17.8. The van der Waals surface area contributed by atoms with E-state index in [1.165, 1.54) is 39.8 Å². The Kier molecular flexibility index (Phi) is 13.8. The molecule has 0 aromatic heterocycles. The van der Waals surface area contributed by atoms with Gasteiger partial charge < -0.3 is 24.8 Å². The number of allylic oxidation sites excluding steroid dienone is 1. The highest BCUT2D eigenvalue weighted by molar-refractivity contribution is 7.90. The first-order chi connectivity index (χ1) is 30.0. The monoisotopic (exact) mass is 897 g/mol. The standard InChI is InChI=1S/C47H56ClN7O7S/c1-47(2)21-18-33(40(30-47)32-10-12-34(48)13-11-32)31-53-24-26-54(27-25-53)36-14-16-38(44(28-36)62-43-9-7-6-8-39(43)46(57)51(3)4)45(56)50-63(60,61)37-15-17-41(42(29-37)55(58)59)49-35-19-22-52(5)23-20-35/h6-17,28-29,35,49H,18-27,30-31H2,1-5H3,(H,50,56). The lowest BCUT2D eigenvalue weighted by Gasteiger charge is -2.39. The minimum atomic E-state index is -4.60. The highest BCUT2D eigenvalue weighted by atomic mass is 35.5. The van der Waals surface area contributed by atoms with Crippen LogP contribution in [0.25, 0.3) is 5.57 Å². The van der Waals surface area contributed by atoms with Gasteiger partial charge in [0.1, 0.15) is 17.2 Å². The number of benzene rings is 4. The molecule has 4 aromatic carbocycles. The van der Waals surface area contributed by atoms with Crippen molar-refractivity contribution >= 4 is 56.1 Å². The van der Waals surface area contributed by atoms with E-state index in [2.05, 4.69) is 50.7 Å². The predicted molar refractivity (Wildman–Crippen MR) is 248 cm³/mol. The van der Waals surface area contributed by atoms with Crippen molar-refractivity contribution < 1.29 is 27.7 Å². The van der Waals surface area contributed by atoms with E-state index in [9.17, 15) is 28.1 Å². The summed E-state index contributed by atoms with van der Waals surface area (Å²) in [5, 5.41) is 16.1. The summed E-state index contributed by atoms with van der Waals surface area (Å²) in [6.45, 7) is 10.1. The Morgan fingerprint density at radius 2 is 1.60 bits per heavy atom. The predicted octanol–water partition coefficient (Wildman–Crippen LogP) is 8.15. The van der Waals surface area contributed by atoms with Crippen molar-refractivity contribution in [2.75, 3.05) is 77.2 Å². The zero-order chi connectivity index (χ0) is 45.1. The van der Waals surface area contributed by atoms with Crippen molar-refractivity contribution in [3.8, 4) is 11.5 Å². The van der Waals surface area contributed by atoms with Crippen LogP contribution in [0.3, 0.4) is 0 Å². The van der Waals surface area contributed by atoms with Gasteiger partial charge in [-0.3, -0.25) is 24.6 Å². The molecule has 0 bridgehead atoms. The molecule has 1 aliphatic carbocycles. The third-order valence-corrected chi connectivity index (χ3v) is 13.8. The number of nitrogens with zero attached hydrogens (tertiary/aromatic N) is 5. The Balaban J connectivity index is 1.13. The minimum Gasteiger partial charge on any atom is -0.456 e. The Morgan fingerprint density at radius 3 is 2.29 bits per heavy atom. The number of hydrogen-bond acceptors (Lipinski definition) is 11. The largest absolute Gasteiger partial charge is 0.456 e. The van der Waals surface area contributed by atoms with Crippen LogP contribution >= 0.6 is 11.6 Å². The number of carbonyl (C=O) groups excluding carboxylic acids is 2. The molecule has 334 valence electrons. The summed E-state index contributed by atoms with van der Waals surface area (Å²) in [5.41, 5.74) is 4.96. The van der Waals surface area contributed by atoms with E-state index in [0.29, 0.717) is 13.1 Å². The van der Waals surface area contributed by atoms with Crippen LogP contribution < -0.4 is 19.7 Å². The van der Waals surface area contributed by atoms with Crippen molar-refractivity contribution in [3.05, 3.63) is 122 Å². The van der Waals surface area contributed by atoms with Gasteiger partial charge in [-0.05, 0) is 117 Å². The van der Waals surface area contributed by atoms with Crippen molar-refractivity contribution in [1.82, 2.24) is 19.4 Å². The van der Waals surface area contributed by atoms with E-state index in [0.717, 1.165) is 81.6 Å². The Hall–Kier alpha value is -5.48. The van der Waals surface area contributed by atoms with Crippen LogP contribution in [0.2, 0.25) is 5.02 Å². The number of amides is 2. The molecule has 0 saturated carbocycles. The molecule has 2 N–H and O–H groups in total. The SMILES string of the molecule is CN1CCC(Nc2ccc(S(=O)(=O)NC(=O)c3ccc(N4CCN(CC5=C(c6ccc(Cl)cc6)CC(C)(C)CC5)CC4)cc3Oc3ccccc3C(=O)N(C)C)cc2[N+](=O)[O-])CC1. The van der Waals surface area contributed by atoms with E-state index >= 15 is 0 Å². The van der Waals surface area contributed by atoms with Crippen LogP contribution in [0.1, 0.15) is 72.2 Å². The summed E-state index contributed by atoms with van der Waals surface area (Å²) in [6, 6.07) is 23.3. The smallest absolute Gasteiger partial charge is 0.293 e. The number of carbonyl (C=O) groups is 2. The molecule has 3 aliphatic rings. The molecule has 0 unspecified atom stereocenters. The number of nitro benzene ring substituents is 1. The maximum atomic E-state index is 14.0. The summed E-state index contributed by atoms with van der Waals surface area (Å²) in [6.07, 6.45) is 4.71. The van der Waals surface area contributed by atoms with E-state index in [4.69, 9.17) is 16.3 Å². The van der Waals surface area contributed by atoms with Crippen molar-refractivity contribution in [3.63, 3.8) is 0 Å². The van der Waals surface area contributed by atoms with Gasteiger partial charge in [-0.25, -0.2) is 13.1 Å². The van der Waals surface area contributed by atoms with Crippen LogP contribution in [-0.2, 0) is 10.0 Å². The van der Waals surface area contributed by atoms with E-state index in [-0.39, 0.29) is 45.7 Å². The highest BCUT2D eigenvalue weighted by Gasteiger charge is 2.31. The number of likely N-dealkylation sites (tertiary alicyclic amines) is 1. The maximum Gasteiger partial charge on any atom is 0.293 e. The van der Waals surface area contributed by atoms with Crippen molar-refractivity contribution in [2.24, 2.45) is 5.41 Å². The number of halogens is 1. The van der Waals surface area contributed by atoms with Gasteiger partial charge in [0.25, 0.3) is 27.5 Å². The van der Waals surface area contributed by atoms with Gasteiger partial charge >= 0.3 is 0 Å². The average Bonchev–Trinajstić information content (AvgIpc) is 3.25. The van der Waals surface area contributed by atoms with Gasteiger partial charge in [-0.2, -0.15) is 0 Å².